The topological polar surface area (TPSA) is 104 Å². The molecule has 0 bridgehead atoms. The Morgan fingerprint density at radius 2 is 2.29 bits per heavy atom. The molecule has 0 saturated carbocycles. The van der Waals surface area contributed by atoms with Crippen molar-refractivity contribution < 1.29 is 9.72 Å². The van der Waals surface area contributed by atoms with Crippen LogP contribution in [0.2, 0.25) is 5.02 Å². The number of nitro groups is 1. The van der Waals surface area contributed by atoms with Crippen molar-refractivity contribution in [2.75, 3.05) is 36.9 Å². The van der Waals surface area contributed by atoms with E-state index in [0.29, 0.717) is 6.54 Å². The Hall–Kier alpha value is -2.78. The lowest BCUT2D eigenvalue weighted by molar-refractivity contribution is -0.383. The summed E-state index contributed by atoms with van der Waals surface area (Å²) in [6, 6.07) is 8.18. The van der Waals surface area contributed by atoms with Gasteiger partial charge in [-0.15, -0.1) is 5.10 Å². The summed E-state index contributed by atoms with van der Waals surface area (Å²) in [6.07, 6.45) is 3.70. The van der Waals surface area contributed by atoms with Crippen molar-refractivity contribution in [1.29, 1.82) is 0 Å². The van der Waals surface area contributed by atoms with Gasteiger partial charge in [-0.2, -0.15) is 5.10 Å². The summed E-state index contributed by atoms with van der Waals surface area (Å²) >= 11 is 5.80. The zero-order chi connectivity index (χ0) is 20.1. The number of anilines is 2. The first-order valence-electron chi connectivity index (χ1n) is 8.90. The van der Waals surface area contributed by atoms with Crippen molar-refractivity contribution >= 4 is 34.7 Å². The van der Waals surface area contributed by atoms with Gasteiger partial charge in [-0.25, -0.2) is 0 Å². The summed E-state index contributed by atoms with van der Waals surface area (Å²) < 4.78 is 0. The molecule has 1 unspecified atom stereocenters. The molecule has 10 heteroatoms. The van der Waals surface area contributed by atoms with Crippen molar-refractivity contribution in [2.24, 2.45) is 0 Å². The van der Waals surface area contributed by atoms with Crippen molar-refractivity contribution in [3.8, 4) is 0 Å². The van der Waals surface area contributed by atoms with E-state index in [1.165, 1.54) is 18.2 Å². The minimum Gasteiger partial charge on any atom is -0.351 e. The lowest BCUT2D eigenvalue weighted by Gasteiger charge is -2.28. The Morgan fingerprint density at radius 3 is 3.00 bits per heavy atom. The van der Waals surface area contributed by atoms with Crippen LogP contribution in [-0.4, -0.2) is 58.7 Å². The number of nitrogens with one attached hydrogen (secondary N) is 1. The summed E-state index contributed by atoms with van der Waals surface area (Å²) in [5, 5.41) is 22.1. The Labute approximate surface area is 167 Å². The molecule has 0 spiro atoms. The molecular formula is C18H21ClN6O3. The molecule has 2 heterocycles. The number of nitrogens with zero attached hydrogens (tertiary/aromatic N) is 5. The number of carbonyl (C=O) groups excluding carboxylic acids is 1. The molecule has 3 rings (SSSR count). The minimum absolute atomic E-state index is 0.116. The summed E-state index contributed by atoms with van der Waals surface area (Å²) in [7, 11) is 1.85. The number of benzene rings is 1. The van der Waals surface area contributed by atoms with E-state index >= 15 is 0 Å². The molecule has 1 aliphatic heterocycles. The predicted molar refractivity (Wildman–Crippen MR) is 107 cm³/mol. The van der Waals surface area contributed by atoms with Crippen LogP contribution in [0, 0.1) is 10.1 Å². The lowest BCUT2D eigenvalue weighted by Crippen LogP contribution is -2.42. The number of rotatable bonds is 7. The van der Waals surface area contributed by atoms with Crippen LogP contribution in [0.25, 0.3) is 0 Å². The Balaban J connectivity index is 1.58. The number of aromatic nitrogens is 2. The van der Waals surface area contributed by atoms with Crippen LogP contribution in [0.3, 0.4) is 0 Å². The Bertz CT molecular complexity index is 850. The number of hydrogen-bond donors (Lipinski definition) is 1. The third-order valence-corrected chi connectivity index (χ3v) is 4.83. The zero-order valence-electron chi connectivity index (χ0n) is 15.4. The van der Waals surface area contributed by atoms with Crippen LogP contribution in [0.5, 0.6) is 0 Å². The fraction of sp³-hybridized carbons (Fsp3) is 0.389. The molecule has 28 heavy (non-hydrogen) atoms. The van der Waals surface area contributed by atoms with Crippen LogP contribution < -0.4 is 10.2 Å². The molecule has 1 N–H and O–H groups in total. The molecule has 0 radical (unpaired) electrons. The van der Waals surface area contributed by atoms with Crippen molar-refractivity contribution in [2.45, 2.75) is 18.9 Å². The maximum Gasteiger partial charge on any atom is 0.294 e. The largest absolute Gasteiger partial charge is 0.351 e. The number of amides is 1. The van der Waals surface area contributed by atoms with Gasteiger partial charge in [-0.3, -0.25) is 19.8 Å². The SMILES string of the molecule is CN(CC(=O)Nc1ccc(Cl)cc1[N+](=O)[O-])CC1CCCN1c1cccnn1. The summed E-state index contributed by atoms with van der Waals surface area (Å²) in [4.78, 5) is 27.0. The number of likely N-dealkylation sites (N-methyl/N-ethyl adjacent to an activating group) is 1. The van der Waals surface area contributed by atoms with Crippen LogP contribution in [0.15, 0.2) is 36.5 Å². The van der Waals surface area contributed by atoms with Gasteiger partial charge in [0.15, 0.2) is 5.82 Å². The van der Waals surface area contributed by atoms with Gasteiger partial charge in [0.2, 0.25) is 5.91 Å². The van der Waals surface area contributed by atoms with E-state index in [1.807, 2.05) is 24.1 Å². The van der Waals surface area contributed by atoms with Gasteiger partial charge < -0.3 is 10.2 Å². The Kier molecular flexibility index (Phi) is 6.37. The van der Waals surface area contributed by atoms with E-state index < -0.39 is 4.92 Å². The second-order valence-corrected chi connectivity index (χ2v) is 7.17. The highest BCUT2D eigenvalue weighted by Gasteiger charge is 2.27. The molecule has 1 amide bonds. The fourth-order valence-corrected chi connectivity index (χ4v) is 3.56. The molecule has 1 fully saturated rings. The second-order valence-electron chi connectivity index (χ2n) is 6.73. The highest BCUT2D eigenvalue weighted by molar-refractivity contribution is 6.31. The molecule has 1 atom stereocenters. The molecule has 1 aliphatic rings. The maximum absolute atomic E-state index is 12.4. The molecular weight excluding hydrogens is 384 g/mol. The summed E-state index contributed by atoms with van der Waals surface area (Å²) in [6.45, 7) is 1.69. The standard InChI is InChI=1S/C18H21ClN6O3/c1-23(11-14-4-3-9-24(14)17-5-2-8-20-22-17)12-18(26)21-15-7-6-13(19)10-16(15)25(27)28/h2,5-8,10,14H,3-4,9,11-12H2,1H3,(H,21,26). The zero-order valence-corrected chi connectivity index (χ0v) is 16.2. The van der Waals surface area contributed by atoms with E-state index in [4.69, 9.17) is 11.6 Å². The van der Waals surface area contributed by atoms with E-state index in [-0.39, 0.29) is 34.9 Å². The number of halogens is 1. The molecule has 1 aromatic carbocycles. The maximum atomic E-state index is 12.4. The lowest BCUT2D eigenvalue weighted by atomic mass is 10.2. The van der Waals surface area contributed by atoms with Gasteiger partial charge in [0.25, 0.3) is 5.69 Å². The average molecular weight is 405 g/mol. The molecule has 2 aromatic rings. The minimum atomic E-state index is -0.567. The first-order chi connectivity index (χ1) is 13.4. The third-order valence-electron chi connectivity index (χ3n) is 4.60. The first-order valence-corrected chi connectivity index (χ1v) is 9.28. The van der Waals surface area contributed by atoms with Crippen molar-refractivity contribution in [3.05, 3.63) is 51.7 Å². The van der Waals surface area contributed by atoms with Crippen LogP contribution in [-0.2, 0) is 4.79 Å². The molecule has 1 aromatic heterocycles. The molecule has 9 nitrogen and oxygen atoms in total. The predicted octanol–water partition coefficient (Wildman–Crippen LogP) is 2.58. The van der Waals surface area contributed by atoms with E-state index in [9.17, 15) is 14.9 Å². The highest BCUT2D eigenvalue weighted by atomic mass is 35.5. The molecule has 148 valence electrons. The van der Waals surface area contributed by atoms with E-state index in [2.05, 4.69) is 20.4 Å². The average Bonchev–Trinajstić information content (AvgIpc) is 3.11. The van der Waals surface area contributed by atoms with Crippen LogP contribution in [0.4, 0.5) is 17.2 Å². The van der Waals surface area contributed by atoms with Gasteiger partial charge in [0.05, 0.1) is 11.5 Å². The first kappa shape index (κ1) is 20.0. The Morgan fingerprint density at radius 1 is 1.46 bits per heavy atom. The number of carbonyl (C=O) groups is 1. The fourth-order valence-electron chi connectivity index (χ4n) is 3.39. The number of nitro benzene ring substituents is 1. The van der Waals surface area contributed by atoms with Gasteiger partial charge in [-0.1, -0.05) is 11.6 Å². The van der Waals surface area contributed by atoms with Crippen LogP contribution >= 0.6 is 11.6 Å². The van der Waals surface area contributed by atoms with Crippen molar-refractivity contribution in [3.63, 3.8) is 0 Å². The van der Waals surface area contributed by atoms with E-state index in [1.54, 1.807) is 6.20 Å². The summed E-state index contributed by atoms with van der Waals surface area (Å²) in [5.41, 5.74) is -0.0945. The molecule has 0 aliphatic carbocycles. The second kappa shape index (κ2) is 8.94. The normalized spacial score (nSPS) is 16.4. The van der Waals surface area contributed by atoms with Gasteiger partial charge in [-0.05, 0) is 44.2 Å². The molecule has 1 saturated heterocycles. The van der Waals surface area contributed by atoms with E-state index in [0.717, 1.165) is 25.2 Å². The summed E-state index contributed by atoms with van der Waals surface area (Å²) in [5.74, 6) is 0.511. The highest BCUT2D eigenvalue weighted by Crippen LogP contribution is 2.28. The van der Waals surface area contributed by atoms with Gasteiger partial charge >= 0.3 is 0 Å². The smallest absolute Gasteiger partial charge is 0.294 e. The van der Waals surface area contributed by atoms with Crippen LogP contribution in [0.1, 0.15) is 12.8 Å². The quantitative estimate of drug-likeness (QED) is 0.558. The van der Waals surface area contributed by atoms with Gasteiger partial charge in [0, 0.05) is 36.4 Å². The number of hydrogen-bond acceptors (Lipinski definition) is 7. The van der Waals surface area contributed by atoms with Gasteiger partial charge in [0.1, 0.15) is 5.69 Å². The third kappa shape index (κ3) is 4.93. The van der Waals surface area contributed by atoms with Crippen molar-refractivity contribution in [1.82, 2.24) is 15.1 Å². The monoisotopic (exact) mass is 404 g/mol.